The molecule has 11 heteroatoms. The minimum atomic E-state index is -3.79. The quantitative estimate of drug-likeness (QED) is 0.454. The Balaban J connectivity index is 1.69. The van der Waals surface area contributed by atoms with Gasteiger partial charge in [0.25, 0.3) is 0 Å². The molecular weight excluding hydrogens is 487 g/mol. The molecule has 1 fully saturated rings. The molecule has 0 radical (unpaired) electrons. The number of methoxy groups -OCH3 is 2. The second-order valence-corrected chi connectivity index (χ2v) is 9.89. The average Bonchev–Trinajstić information content (AvgIpc) is 3.28. The maximum absolute atomic E-state index is 15.3. The lowest BCUT2D eigenvalue weighted by molar-refractivity contribution is -0.170. The summed E-state index contributed by atoms with van der Waals surface area (Å²) in [6.07, 6.45) is 1.57. The van der Waals surface area contributed by atoms with Crippen LogP contribution in [0.2, 0.25) is 0 Å². The van der Waals surface area contributed by atoms with E-state index >= 15 is 4.39 Å². The van der Waals surface area contributed by atoms with E-state index in [4.69, 9.17) is 9.47 Å². The highest BCUT2D eigenvalue weighted by Gasteiger charge is 2.49. The van der Waals surface area contributed by atoms with Gasteiger partial charge >= 0.3 is 5.92 Å². The summed E-state index contributed by atoms with van der Waals surface area (Å²) in [7, 11) is 3.29. The Hall–Kier alpha value is -3.02. The van der Waals surface area contributed by atoms with Gasteiger partial charge in [0.1, 0.15) is 23.6 Å². The van der Waals surface area contributed by atoms with Crippen molar-refractivity contribution in [2.45, 2.75) is 57.5 Å². The summed E-state index contributed by atoms with van der Waals surface area (Å²) in [5.41, 5.74) is -1.25. The first-order valence-corrected chi connectivity index (χ1v) is 12.0. The number of ether oxygens (including phenoxy) is 2. The number of aliphatic hydroxyl groups is 1. The van der Waals surface area contributed by atoms with Crippen LogP contribution in [0.1, 0.15) is 43.6 Å². The van der Waals surface area contributed by atoms with Crippen molar-refractivity contribution in [3.8, 4) is 0 Å². The van der Waals surface area contributed by atoms with Gasteiger partial charge in [0, 0.05) is 38.3 Å². The van der Waals surface area contributed by atoms with Crippen LogP contribution >= 0.6 is 0 Å². The Morgan fingerprint density at radius 2 is 1.78 bits per heavy atom. The first-order valence-electron chi connectivity index (χ1n) is 12.0. The van der Waals surface area contributed by atoms with Crippen LogP contribution in [-0.2, 0) is 15.4 Å². The number of hydrogen-bond acceptors (Lipinski definition) is 8. The molecule has 2 aromatic heterocycles. The number of nitrogens with one attached hydrogen (secondary N) is 1. The van der Waals surface area contributed by atoms with Gasteiger partial charge in [0.2, 0.25) is 0 Å². The summed E-state index contributed by atoms with van der Waals surface area (Å²) >= 11 is 0. The molecule has 0 saturated carbocycles. The number of anilines is 2. The molecule has 1 aromatic carbocycles. The van der Waals surface area contributed by atoms with Gasteiger partial charge < -0.3 is 24.8 Å². The van der Waals surface area contributed by atoms with Crippen molar-refractivity contribution >= 4 is 22.4 Å². The summed E-state index contributed by atoms with van der Waals surface area (Å²) in [5, 5.41) is 22.1. The zero-order valence-electron chi connectivity index (χ0n) is 21.7. The highest BCUT2D eigenvalue weighted by Crippen LogP contribution is 2.41. The van der Waals surface area contributed by atoms with E-state index in [1.165, 1.54) is 12.1 Å². The van der Waals surface area contributed by atoms with Gasteiger partial charge in [0.15, 0.2) is 5.82 Å². The summed E-state index contributed by atoms with van der Waals surface area (Å²) < 4.78 is 56.0. The molecule has 2 N–H and O–H groups in total. The summed E-state index contributed by atoms with van der Waals surface area (Å²) in [4.78, 5) is 6.69. The third-order valence-electron chi connectivity index (χ3n) is 6.91. The lowest BCUT2D eigenvalue weighted by Crippen LogP contribution is -2.41. The van der Waals surface area contributed by atoms with Gasteiger partial charge in [-0.3, -0.25) is 4.98 Å². The van der Waals surface area contributed by atoms with Crippen LogP contribution in [0.15, 0.2) is 30.5 Å². The molecule has 8 nitrogen and oxygen atoms in total. The number of nitrogens with zero attached hydrogens (tertiary/aromatic N) is 4. The van der Waals surface area contributed by atoms with Gasteiger partial charge in [-0.05, 0) is 39.8 Å². The Bertz CT molecular complexity index is 1270. The van der Waals surface area contributed by atoms with E-state index in [2.05, 4.69) is 25.4 Å². The molecule has 4 rings (SSSR count). The van der Waals surface area contributed by atoms with Crippen LogP contribution in [0.3, 0.4) is 0 Å². The fraction of sp³-hybridized carbons (Fsp3) is 0.500. The maximum Gasteiger partial charge on any atom is 0.303 e. The van der Waals surface area contributed by atoms with Gasteiger partial charge in [-0.1, -0.05) is 12.1 Å². The fourth-order valence-corrected chi connectivity index (χ4v) is 4.58. The van der Waals surface area contributed by atoms with Crippen LogP contribution in [-0.4, -0.2) is 65.4 Å². The molecule has 1 aliphatic rings. The highest BCUT2D eigenvalue weighted by atomic mass is 19.3. The monoisotopic (exact) mass is 519 g/mol. The number of aryl methyl sites for hydroxylation is 1. The minimum absolute atomic E-state index is 0.00600. The molecule has 3 aromatic rings. The molecule has 37 heavy (non-hydrogen) atoms. The molecule has 0 bridgehead atoms. The Morgan fingerprint density at radius 1 is 1.14 bits per heavy atom. The number of pyridine rings is 1. The lowest BCUT2D eigenvalue weighted by Gasteiger charge is -2.30. The minimum Gasteiger partial charge on any atom is -0.384 e. The van der Waals surface area contributed by atoms with Crippen LogP contribution in [0.5, 0.6) is 0 Å². The normalized spacial score (nSPS) is 19.5. The van der Waals surface area contributed by atoms with Gasteiger partial charge in [-0.15, -0.1) is 5.10 Å². The standard InChI is InChI=1S/C26H32F3N5O3/c1-14(17-8-7-9-19(22(17)27)26(28,29)25(3,4)35)31-24-18-10-16(11-30-23(18)15(2)32-33-24)34-12-20(36-5)21(13-34)37-6/h7-11,14,20-21,35H,12-13H2,1-6H3,(H,31,33)/t14-,20-,21+/m1/s1. The van der Waals surface area contributed by atoms with E-state index < -0.39 is 28.9 Å². The molecule has 3 atom stereocenters. The highest BCUT2D eigenvalue weighted by molar-refractivity contribution is 5.92. The number of rotatable bonds is 8. The Kier molecular flexibility index (Phi) is 7.33. The fourth-order valence-electron chi connectivity index (χ4n) is 4.58. The van der Waals surface area contributed by atoms with Gasteiger partial charge in [-0.25, -0.2) is 4.39 Å². The molecule has 3 heterocycles. The number of alkyl halides is 2. The number of benzene rings is 1. The van der Waals surface area contributed by atoms with Gasteiger partial charge in [-0.2, -0.15) is 13.9 Å². The zero-order valence-corrected chi connectivity index (χ0v) is 21.7. The molecule has 200 valence electrons. The molecule has 1 aliphatic heterocycles. The SMILES string of the molecule is CO[C@H]1CN(c2cnc3c(C)nnc(N[C@H](C)c4cccc(C(F)(F)C(C)(C)O)c4F)c3c2)C[C@H]1OC. The van der Waals surface area contributed by atoms with Crippen molar-refractivity contribution in [2.24, 2.45) is 0 Å². The first kappa shape index (κ1) is 27.0. The molecule has 0 unspecified atom stereocenters. The van der Waals surface area contributed by atoms with Crippen molar-refractivity contribution in [1.82, 2.24) is 15.2 Å². The van der Waals surface area contributed by atoms with Crippen LogP contribution in [0.25, 0.3) is 10.9 Å². The summed E-state index contributed by atoms with van der Waals surface area (Å²) in [6.45, 7) is 6.56. The first-order chi connectivity index (χ1) is 17.4. The predicted molar refractivity (Wildman–Crippen MR) is 135 cm³/mol. The smallest absolute Gasteiger partial charge is 0.303 e. The topological polar surface area (TPSA) is 92.6 Å². The van der Waals surface area contributed by atoms with E-state index in [-0.39, 0.29) is 17.8 Å². The van der Waals surface area contributed by atoms with E-state index in [1.54, 1.807) is 34.3 Å². The van der Waals surface area contributed by atoms with Crippen LogP contribution in [0.4, 0.5) is 24.7 Å². The second kappa shape index (κ2) is 10.0. The number of hydrogen-bond donors (Lipinski definition) is 2. The van der Waals surface area contributed by atoms with E-state index in [1.807, 2.05) is 6.07 Å². The van der Waals surface area contributed by atoms with Crippen molar-refractivity contribution in [3.63, 3.8) is 0 Å². The van der Waals surface area contributed by atoms with Crippen molar-refractivity contribution < 1.29 is 27.8 Å². The second-order valence-electron chi connectivity index (χ2n) is 9.89. The van der Waals surface area contributed by atoms with Gasteiger partial charge in [0.05, 0.1) is 34.7 Å². The van der Waals surface area contributed by atoms with Crippen LogP contribution < -0.4 is 10.2 Å². The van der Waals surface area contributed by atoms with Crippen molar-refractivity contribution in [2.75, 3.05) is 37.5 Å². The number of halogens is 3. The molecule has 0 amide bonds. The summed E-state index contributed by atoms with van der Waals surface area (Å²) in [5.74, 6) is -4.55. The maximum atomic E-state index is 15.3. The van der Waals surface area contributed by atoms with Crippen LogP contribution in [0, 0.1) is 12.7 Å². The summed E-state index contributed by atoms with van der Waals surface area (Å²) in [6, 6.07) is 4.92. The predicted octanol–water partition coefficient (Wildman–Crippen LogP) is 4.36. The van der Waals surface area contributed by atoms with E-state index in [9.17, 15) is 13.9 Å². The third-order valence-corrected chi connectivity index (χ3v) is 6.91. The molecule has 0 aliphatic carbocycles. The third kappa shape index (κ3) is 4.95. The number of aromatic nitrogens is 3. The Morgan fingerprint density at radius 3 is 2.38 bits per heavy atom. The largest absolute Gasteiger partial charge is 0.384 e. The van der Waals surface area contributed by atoms with Crippen molar-refractivity contribution in [1.29, 1.82) is 0 Å². The van der Waals surface area contributed by atoms with E-state index in [0.29, 0.717) is 35.5 Å². The van der Waals surface area contributed by atoms with E-state index in [0.717, 1.165) is 25.6 Å². The number of fused-ring (bicyclic) bond motifs is 1. The Labute approximate surface area is 213 Å². The average molecular weight is 520 g/mol. The lowest BCUT2D eigenvalue weighted by atomic mass is 9.91. The van der Waals surface area contributed by atoms with Crippen molar-refractivity contribution in [3.05, 3.63) is 53.1 Å². The molecular formula is C26H32F3N5O3. The zero-order chi connectivity index (χ0) is 27.1. The molecule has 0 spiro atoms. The molecule has 1 saturated heterocycles.